The van der Waals surface area contributed by atoms with Gasteiger partial charge in [-0.05, 0) is 53.4 Å². The molecule has 1 aliphatic heterocycles. The summed E-state index contributed by atoms with van der Waals surface area (Å²) in [5.74, 6) is -0.392. The topological polar surface area (TPSA) is 54.5 Å². The molecule has 0 saturated carbocycles. The number of benzene rings is 1. The molecule has 1 aromatic carbocycles. The predicted octanol–water partition coefficient (Wildman–Crippen LogP) is 2.81. The van der Waals surface area contributed by atoms with Crippen LogP contribution in [0, 0.1) is 0 Å². The number of anilines is 1. The van der Waals surface area contributed by atoms with Gasteiger partial charge in [-0.2, -0.15) is 0 Å². The van der Waals surface area contributed by atoms with E-state index < -0.39 is 21.0 Å². The average molecular weight is 381 g/mol. The Kier molecular flexibility index (Phi) is 4.47. The third-order valence-electron chi connectivity index (χ3n) is 3.46. The number of hydrogen-bond donors (Lipinski definition) is 0. The van der Waals surface area contributed by atoms with Crippen LogP contribution in [0.3, 0.4) is 0 Å². The van der Waals surface area contributed by atoms with Gasteiger partial charge in [-0.15, -0.1) is 0 Å². The van der Waals surface area contributed by atoms with Gasteiger partial charge in [0.1, 0.15) is 5.25 Å². The van der Waals surface area contributed by atoms with Gasteiger partial charge in [0.25, 0.3) is 0 Å². The second-order valence-electron chi connectivity index (χ2n) is 4.96. The third kappa shape index (κ3) is 3.02. The Morgan fingerprint density at radius 1 is 1.45 bits per heavy atom. The minimum absolute atomic E-state index is 0.392. The maximum absolute atomic E-state index is 12.4. The molecule has 0 spiro atoms. The molecule has 7 heteroatoms. The van der Waals surface area contributed by atoms with Gasteiger partial charge < -0.3 is 4.90 Å². The highest BCUT2D eigenvalue weighted by Gasteiger charge is 2.32. The number of amides is 1. The molecule has 1 aromatic rings. The molecule has 2 rings (SSSR count). The van der Waals surface area contributed by atoms with Crippen molar-refractivity contribution in [1.29, 1.82) is 0 Å². The molecule has 1 atom stereocenters. The Morgan fingerprint density at radius 2 is 2.10 bits per heavy atom. The SMILES string of the molecule is CC(C(=O)N1CCCc2cc(Cl)cc(Br)c21)S(C)(=O)=O. The molecule has 0 aromatic heterocycles. The van der Waals surface area contributed by atoms with Gasteiger partial charge in [0.2, 0.25) is 5.91 Å². The van der Waals surface area contributed by atoms with E-state index in [1.807, 2.05) is 6.07 Å². The van der Waals surface area contributed by atoms with Crippen molar-refractivity contribution in [3.05, 3.63) is 27.2 Å². The Bertz CT molecular complexity index is 660. The summed E-state index contributed by atoms with van der Waals surface area (Å²) in [5, 5.41) is -0.447. The van der Waals surface area contributed by atoms with E-state index in [0.29, 0.717) is 16.0 Å². The summed E-state index contributed by atoms with van der Waals surface area (Å²) in [5.41, 5.74) is 1.70. The first kappa shape index (κ1) is 15.8. The first-order chi connectivity index (χ1) is 9.21. The minimum atomic E-state index is -3.41. The van der Waals surface area contributed by atoms with Gasteiger partial charge in [-0.25, -0.2) is 8.42 Å². The summed E-state index contributed by atoms with van der Waals surface area (Å²) >= 11 is 9.43. The molecule has 0 bridgehead atoms. The molecule has 1 aliphatic rings. The zero-order valence-electron chi connectivity index (χ0n) is 11.2. The number of carbonyl (C=O) groups excluding carboxylic acids is 1. The van der Waals surface area contributed by atoms with Gasteiger partial charge in [-0.3, -0.25) is 4.79 Å². The first-order valence-electron chi connectivity index (χ1n) is 6.20. The highest BCUT2D eigenvalue weighted by molar-refractivity contribution is 9.10. The largest absolute Gasteiger partial charge is 0.310 e. The fourth-order valence-electron chi connectivity index (χ4n) is 2.27. The van der Waals surface area contributed by atoms with Crippen LogP contribution in [-0.4, -0.2) is 32.4 Å². The number of aryl methyl sites for hydroxylation is 1. The fraction of sp³-hybridized carbons (Fsp3) is 0.462. The molecule has 0 radical (unpaired) electrons. The molecule has 0 aliphatic carbocycles. The molecular weight excluding hydrogens is 366 g/mol. The summed E-state index contributed by atoms with van der Waals surface area (Å²) in [6.07, 6.45) is 2.70. The maximum Gasteiger partial charge on any atom is 0.245 e. The van der Waals surface area contributed by atoms with Crippen molar-refractivity contribution < 1.29 is 13.2 Å². The Balaban J connectivity index is 2.46. The lowest BCUT2D eigenvalue weighted by atomic mass is 10.0. The van der Waals surface area contributed by atoms with Crippen LogP contribution in [0.15, 0.2) is 16.6 Å². The van der Waals surface area contributed by atoms with Crippen molar-refractivity contribution in [2.24, 2.45) is 0 Å². The first-order valence-corrected chi connectivity index (χ1v) is 9.32. The van der Waals surface area contributed by atoms with Crippen LogP contribution in [0.1, 0.15) is 18.9 Å². The monoisotopic (exact) mass is 379 g/mol. The zero-order chi connectivity index (χ0) is 15.1. The average Bonchev–Trinajstić information content (AvgIpc) is 2.34. The van der Waals surface area contributed by atoms with Crippen molar-refractivity contribution in [2.75, 3.05) is 17.7 Å². The highest BCUT2D eigenvalue weighted by atomic mass is 79.9. The van der Waals surface area contributed by atoms with E-state index in [-0.39, 0.29) is 0 Å². The molecule has 110 valence electrons. The van der Waals surface area contributed by atoms with Crippen molar-refractivity contribution in [3.8, 4) is 0 Å². The number of halogens is 2. The van der Waals surface area contributed by atoms with Crippen molar-refractivity contribution in [1.82, 2.24) is 0 Å². The molecule has 1 amide bonds. The number of sulfone groups is 1. The van der Waals surface area contributed by atoms with Crippen LogP contribution in [0.25, 0.3) is 0 Å². The smallest absolute Gasteiger partial charge is 0.245 e. The lowest BCUT2D eigenvalue weighted by molar-refractivity contribution is -0.118. The fourth-order valence-corrected chi connectivity index (χ4v) is 3.86. The number of carbonyl (C=O) groups is 1. The maximum atomic E-state index is 12.4. The van der Waals surface area contributed by atoms with Crippen molar-refractivity contribution in [2.45, 2.75) is 25.0 Å². The van der Waals surface area contributed by atoms with E-state index in [2.05, 4.69) is 15.9 Å². The summed E-state index contributed by atoms with van der Waals surface area (Å²) < 4.78 is 23.9. The standard InChI is InChI=1S/C13H15BrClNO3S/c1-8(20(2,18)19)13(17)16-5-3-4-9-6-10(15)7-11(14)12(9)16/h6-8H,3-5H2,1-2H3. The van der Waals surface area contributed by atoms with Gasteiger partial charge in [0.05, 0.1) is 5.69 Å². The zero-order valence-corrected chi connectivity index (χ0v) is 14.3. The lowest BCUT2D eigenvalue weighted by Crippen LogP contribution is -2.44. The van der Waals surface area contributed by atoms with Gasteiger partial charge in [0.15, 0.2) is 9.84 Å². The quantitative estimate of drug-likeness (QED) is 0.793. The van der Waals surface area contributed by atoms with Gasteiger partial charge >= 0.3 is 0 Å². The highest BCUT2D eigenvalue weighted by Crippen LogP contribution is 2.37. The second kappa shape index (κ2) is 5.66. The van der Waals surface area contributed by atoms with Gasteiger partial charge in [-0.1, -0.05) is 11.6 Å². The second-order valence-corrected chi connectivity index (χ2v) is 8.62. The normalized spacial score (nSPS) is 16.7. The van der Waals surface area contributed by atoms with Crippen LogP contribution in [-0.2, 0) is 21.1 Å². The molecular formula is C13H15BrClNO3S. The van der Waals surface area contributed by atoms with E-state index in [4.69, 9.17) is 11.6 Å². The molecule has 1 unspecified atom stereocenters. The van der Waals surface area contributed by atoms with E-state index in [9.17, 15) is 13.2 Å². The van der Waals surface area contributed by atoms with Crippen LogP contribution < -0.4 is 4.90 Å². The third-order valence-corrected chi connectivity index (χ3v) is 5.77. The molecule has 1 heterocycles. The van der Waals surface area contributed by atoms with Crippen LogP contribution in [0.5, 0.6) is 0 Å². The summed E-state index contributed by atoms with van der Waals surface area (Å²) in [6, 6.07) is 3.54. The molecule has 20 heavy (non-hydrogen) atoms. The summed E-state index contributed by atoms with van der Waals surface area (Å²) in [4.78, 5) is 14.0. The Hall–Kier alpha value is -0.590. The predicted molar refractivity (Wildman–Crippen MR) is 84.1 cm³/mol. The number of nitrogens with zero attached hydrogens (tertiary/aromatic N) is 1. The molecule has 0 N–H and O–H groups in total. The number of hydrogen-bond acceptors (Lipinski definition) is 3. The lowest BCUT2D eigenvalue weighted by Gasteiger charge is -2.32. The van der Waals surface area contributed by atoms with Crippen LogP contribution >= 0.6 is 27.5 Å². The summed E-state index contributed by atoms with van der Waals surface area (Å²) in [7, 11) is -3.41. The Labute approximate surface area is 132 Å². The van der Waals surface area contributed by atoms with E-state index in [1.54, 1.807) is 11.0 Å². The van der Waals surface area contributed by atoms with Crippen LogP contribution in [0.2, 0.25) is 5.02 Å². The van der Waals surface area contributed by atoms with Crippen molar-refractivity contribution >= 4 is 49.0 Å². The summed E-state index contributed by atoms with van der Waals surface area (Å²) in [6.45, 7) is 1.95. The van der Waals surface area contributed by atoms with Gasteiger partial charge in [0, 0.05) is 22.3 Å². The van der Waals surface area contributed by atoms with Crippen LogP contribution in [0.4, 0.5) is 5.69 Å². The number of fused-ring (bicyclic) bond motifs is 1. The Morgan fingerprint density at radius 3 is 2.70 bits per heavy atom. The number of rotatable bonds is 2. The minimum Gasteiger partial charge on any atom is -0.310 e. The van der Waals surface area contributed by atoms with Crippen molar-refractivity contribution in [3.63, 3.8) is 0 Å². The molecule has 4 nitrogen and oxygen atoms in total. The molecule has 0 fully saturated rings. The van der Waals surface area contributed by atoms with E-state index in [0.717, 1.165) is 30.3 Å². The van der Waals surface area contributed by atoms with E-state index >= 15 is 0 Å². The molecule has 0 saturated heterocycles. The van der Waals surface area contributed by atoms with E-state index in [1.165, 1.54) is 6.92 Å².